The number of amides is 1. The van der Waals surface area contributed by atoms with Gasteiger partial charge in [-0.1, -0.05) is 32.1 Å². The summed E-state index contributed by atoms with van der Waals surface area (Å²) in [4.78, 5) is 12.1. The van der Waals surface area contributed by atoms with E-state index in [1.165, 1.54) is 18.2 Å². The molecule has 0 heterocycles. The molecule has 0 bridgehead atoms. The van der Waals surface area contributed by atoms with Crippen LogP contribution in [0.3, 0.4) is 0 Å². The Morgan fingerprint density at radius 3 is 2.59 bits per heavy atom. The van der Waals surface area contributed by atoms with Gasteiger partial charge in [0, 0.05) is 12.1 Å². The van der Waals surface area contributed by atoms with E-state index in [1.807, 2.05) is 6.92 Å². The lowest BCUT2D eigenvalue weighted by molar-refractivity contribution is -0.0498. The quantitative estimate of drug-likeness (QED) is 0.729. The maximum Gasteiger partial charge on any atom is 0.387 e. The molecule has 1 amide bonds. The predicted octanol–water partition coefficient (Wildman–Crippen LogP) is 4.26. The Bertz CT molecular complexity index is 515. The van der Waals surface area contributed by atoms with Crippen LogP contribution in [0, 0.1) is 11.8 Å². The van der Waals surface area contributed by atoms with E-state index in [-0.39, 0.29) is 17.6 Å². The van der Waals surface area contributed by atoms with Crippen LogP contribution in [0.5, 0.6) is 5.75 Å². The van der Waals surface area contributed by atoms with Gasteiger partial charge in [0.15, 0.2) is 0 Å². The minimum atomic E-state index is -2.91. The number of carbonyl (C=O) groups is 1. The molecule has 1 N–H and O–H groups in total. The number of rotatable bonds is 8. The molecule has 0 aliphatic rings. The number of carbonyl (C=O) groups excluding carboxylic acids is 1. The van der Waals surface area contributed by atoms with Gasteiger partial charge in [-0.15, -0.1) is 0 Å². The van der Waals surface area contributed by atoms with Crippen LogP contribution in [-0.2, 0) is 0 Å². The van der Waals surface area contributed by atoms with Gasteiger partial charge in [-0.3, -0.25) is 4.79 Å². The molecule has 1 unspecified atom stereocenters. The largest absolute Gasteiger partial charge is 0.435 e. The van der Waals surface area contributed by atoms with Crippen LogP contribution in [0.15, 0.2) is 36.4 Å². The molecule has 0 spiro atoms. The monoisotopic (exact) mass is 311 g/mol. The first kappa shape index (κ1) is 18.1. The first-order valence-corrected chi connectivity index (χ1v) is 7.28. The summed E-state index contributed by atoms with van der Waals surface area (Å²) in [6, 6.07) is 5.76. The van der Waals surface area contributed by atoms with Gasteiger partial charge in [-0.25, -0.2) is 0 Å². The fraction of sp³-hybridized carbons (Fsp3) is 0.471. The van der Waals surface area contributed by atoms with Crippen molar-refractivity contribution in [3.05, 3.63) is 42.0 Å². The van der Waals surface area contributed by atoms with E-state index in [2.05, 4.69) is 30.5 Å². The van der Waals surface area contributed by atoms with E-state index in [9.17, 15) is 13.6 Å². The Morgan fingerprint density at radius 2 is 2.05 bits per heavy atom. The van der Waals surface area contributed by atoms with Gasteiger partial charge in [0.1, 0.15) is 5.75 Å². The number of benzene rings is 1. The van der Waals surface area contributed by atoms with Crippen molar-refractivity contribution < 1.29 is 18.3 Å². The van der Waals surface area contributed by atoms with E-state index in [4.69, 9.17) is 0 Å². The molecule has 0 aliphatic carbocycles. The summed E-state index contributed by atoms with van der Waals surface area (Å²) in [5.41, 5.74) is 1.31. The third-order valence-corrected chi connectivity index (χ3v) is 3.28. The number of alkyl halides is 2. The second-order valence-corrected chi connectivity index (χ2v) is 5.79. The third-order valence-electron chi connectivity index (χ3n) is 3.28. The highest BCUT2D eigenvalue weighted by atomic mass is 19.3. The lowest BCUT2D eigenvalue weighted by Gasteiger charge is -2.20. The smallest absolute Gasteiger partial charge is 0.387 e. The van der Waals surface area contributed by atoms with Crippen LogP contribution in [0.25, 0.3) is 0 Å². The fourth-order valence-electron chi connectivity index (χ4n) is 2.16. The van der Waals surface area contributed by atoms with Crippen molar-refractivity contribution in [2.75, 3.05) is 6.54 Å². The Balaban J connectivity index is 2.66. The van der Waals surface area contributed by atoms with Gasteiger partial charge < -0.3 is 10.1 Å². The second kappa shape index (κ2) is 8.51. The molecule has 0 aliphatic heterocycles. The summed E-state index contributed by atoms with van der Waals surface area (Å²) in [5.74, 6) is 0.363. The Kier molecular flexibility index (Phi) is 7.02. The van der Waals surface area contributed by atoms with Crippen molar-refractivity contribution in [3.8, 4) is 5.75 Å². The molecule has 1 rings (SSSR count). The summed E-state index contributed by atoms with van der Waals surface area (Å²) in [6.07, 6.45) is 0.935. The molecule has 0 saturated carbocycles. The molecule has 1 aromatic carbocycles. The summed E-state index contributed by atoms with van der Waals surface area (Å²) < 4.78 is 28.7. The Morgan fingerprint density at radius 1 is 1.36 bits per heavy atom. The highest BCUT2D eigenvalue weighted by Gasteiger charge is 2.14. The second-order valence-electron chi connectivity index (χ2n) is 5.79. The number of hydrogen-bond acceptors (Lipinski definition) is 2. The van der Waals surface area contributed by atoms with Crippen LogP contribution >= 0.6 is 0 Å². The molecule has 0 aromatic heterocycles. The van der Waals surface area contributed by atoms with Crippen molar-refractivity contribution in [1.82, 2.24) is 5.32 Å². The first-order chi connectivity index (χ1) is 10.3. The molecular formula is C17H23F2NO2. The van der Waals surface area contributed by atoms with Crippen LogP contribution in [0.4, 0.5) is 8.78 Å². The molecule has 0 saturated heterocycles. The van der Waals surface area contributed by atoms with Gasteiger partial charge in [0.25, 0.3) is 5.91 Å². The number of halogens is 2. The zero-order chi connectivity index (χ0) is 16.7. The summed E-state index contributed by atoms with van der Waals surface area (Å²) in [6.45, 7) is 7.69. The van der Waals surface area contributed by atoms with Crippen molar-refractivity contribution in [2.24, 2.45) is 11.8 Å². The average molecular weight is 311 g/mol. The Labute approximate surface area is 130 Å². The van der Waals surface area contributed by atoms with Gasteiger partial charge in [-0.2, -0.15) is 8.78 Å². The summed E-state index contributed by atoms with van der Waals surface area (Å²) >= 11 is 0. The zero-order valence-electron chi connectivity index (χ0n) is 13.2. The van der Waals surface area contributed by atoms with Crippen molar-refractivity contribution in [2.45, 2.75) is 33.8 Å². The molecule has 122 valence electrons. The van der Waals surface area contributed by atoms with E-state index in [1.54, 1.807) is 6.07 Å². The van der Waals surface area contributed by atoms with Gasteiger partial charge in [0.05, 0.1) is 0 Å². The van der Waals surface area contributed by atoms with Crippen molar-refractivity contribution >= 4 is 5.91 Å². The predicted molar refractivity (Wildman–Crippen MR) is 83.2 cm³/mol. The van der Waals surface area contributed by atoms with Gasteiger partial charge >= 0.3 is 6.61 Å². The number of nitrogens with one attached hydrogen (secondary N) is 1. The van der Waals surface area contributed by atoms with Crippen LogP contribution in [-0.4, -0.2) is 19.1 Å². The van der Waals surface area contributed by atoms with Crippen LogP contribution in [0.2, 0.25) is 0 Å². The lowest BCUT2D eigenvalue weighted by atomic mass is 9.91. The van der Waals surface area contributed by atoms with Crippen LogP contribution < -0.4 is 10.1 Å². The number of ether oxygens (including phenoxy) is 1. The molecule has 5 heteroatoms. The maximum atomic E-state index is 12.2. The topological polar surface area (TPSA) is 38.3 Å². The SMILES string of the molecule is C=C(C)C(CNC(=O)c1cccc(OC(F)F)c1)CC(C)C. The standard InChI is InChI=1S/C17H23F2NO2/c1-11(2)8-14(12(3)4)10-20-16(21)13-6-5-7-15(9-13)22-17(18)19/h5-7,9,11,14,17H,3,8,10H2,1-2,4H3,(H,20,21). The van der Waals surface area contributed by atoms with E-state index >= 15 is 0 Å². The molecule has 22 heavy (non-hydrogen) atoms. The molecule has 0 fully saturated rings. The van der Waals surface area contributed by atoms with Gasteiger partial charge in [-0.05, 0) is 43.4 Å². The fourth-order valence-corrected chi connectivity index (χ4v) is 2.16. The van der Waals surface area contributed by atoms with E-state index in [0.717, 1.165) is 12.0 Å². The first-order valence-electron chi connectivity index (χ1n) is 7.28. The minimum Gasteiger partial charge on any atom is -0.435 e. The molecule has 1 aromatic rings. The summed E-state index contributed by atoms with van der Waals surface area (Å²) in [5, 5.41) is 2.82. The number of hydrogen-bond donors (Lipinski definition) is 1. The maximum absolute atomic E-state index is 12.2. The molecule has 3 nitrogen and oxygen atoms in total. The van der Waals surface area contributed by atoms with E-state index < -0.39 is 6.61 Å². The molecular weight excluding hydrogens is 288 g/mol. The average Bonchev–Trinajstić information content (AvgIpc) is 2.42. The minimum absolute atomic E-state index is 0.0266. The normalized spacial score (nSPS) is 12.3. The van der Waals surface area contributed by atoms with E-state index in [0.29, 0.717) is 18.0 Å². The highest BCUT2D eigenvalue weighted by molar-refractivity contribution is 5.94. The van der Waals surface area contributed by atoms with Crippen LogP contribution in [0.1, 0.15) is 37.6 Å². The zero-order valence-corrected chi connectivity index (χ0v) is 13.2. The lowest BCUT2D eigenvalue weighted by Crippen LogP contribution is -2.30. The Hall–Kier alpha value is -1.91. The summed E-state index contributed by atoms with van der Waals surface area (Å²) in [7, 11) is 0. The van der Waals surface area contributed by atoms with Gasteiger partial charge in [0.2, 0.25) is 0 Å². The highest BCUT2D eigenvalue weighted by Crippen LogP contribution is 2.19. The third kappa shape index (κ3) is 6.24. The van der Waals surface area contributed by atoms with Crippen molar-refractivity contribution in [1.29, 1.82) is 0 Å². The molecule has 0 radical (unpaired) electrons. The molecule has 1 atom stereocenters. The van der Waals surface area contributed by atoms with Crippen molar-refractivity contribution in [3.63, 3.8) is 0 Å².